The van der Waals surface area contributed by atoms with Crippen LogP contribution in [0.1, 0.15) is 36.3 Å². The van der Waals surface area contributed by atoms with E-state index in [1.165, 1.54) is 12.1 Å². The third-order valence-electron chi connectivity index (χ3n) is 4.27. The summed E-state index contributed by atoms with van der Waals surface area (Å²) in [6.45, 7) is 5.60. The first kappa shape index (κ1) is 20.3. The first-order chi connectivity index (χ1) is 13.8. The summed E-state index contributed by atoms with van der Waals surface area (Å²) in [7, 11) is 0. The number of anilines is 2. The number of nitrogens with one attached hydrogen (secondary N) is 2. The summed E-state index contributed by atoms with van der Waals surface area (Å²) in [6, 6.07) is 13.5. The summed E-state index contributed by atoms with van der Waals surface area (Å²) < 4.78 is 16.0. The van der Waals surface area contributed by atoms with Crippen LogP contribution in [-0.4, -0.2) is 21.6 Å². The van der Waals surface area contributed by atoms with Crippen molar-refractivity contribution in [1.82, 2.24) is 9.78 Å². The van der Waals surface area contributed by atoms with Crippen LogP contribution in [0.15, 0.2) is 54.7 Å². The molecule has 2 amide bonds. The van der Waals surface area contributed by atoms with E-state index in [0.29, 0.717) is 17.8 Å². The van der Waals surface area contributed by atoms with Gasteiger partial charge in [-0.3, -0.25) is 9.59 Å². The molecule has 0 aliphatic rings. The lowest BCUT2D eigenvalue weighted by atomic mass is 10.1. The van der Waals surface area contributed by atoms with E-state index in [0.717, 1.165) is 11.8 Å². The minimum absolute atomic E-state index is 0.0558. The second-order valence-electron chi connectivity index (χ2n) is 7.20. The van der Waals surface area contributed by atoms with E-state index >= 15 is 0 Å². The fourth-order valence-electron chi connectivity index (χ4n) is 2.82. The molecule has 1 heterocycles. The molecule has 3 rings (SSSR count). The Labute approximate surface area is 168 Å². The lowest BCUT2D eigenvalue weighted by molar-refractivity contribution is -0.116. The largest absolute Gasteiger partial charge is 0.324 e. The van der Waals surface area contributed by atoms with Gasteiger partial charge in [0.15, 0.2) is 0 Å². The van der Waals surface area contributed by atoms with Gasteiger partial charge in [0.05, 0.1) is 29.0 Å². The predicted molar refractivity (Wildman–Crippen MR) is 111 cm³/mol. The maximum Gasteiger partial charge on any atom is 0.255 e. The molecule has 0 saturated carbocycles. The topological polar surface area (TPSA) is 76.0 Å². The zero-order valence-corrected chi connectivity index (χ0v) is 16.6. The van der Waals surface area contributed by atoms with Gasteiger partial charge in [-0.2, -0.15) is 5.10 Å². The molecule has 0 radical (unpaired) electrons. The first-order valence-electron chi connectivity index (χ1n) is 9.36. The van der Waals surface area contributed by atoms with Gasteiger partial charge in [-0.15, -0.1) is 0 Å². The smallest absolute Gasteiger partial charge is 0.255 e. The highest BCUT2D eigenvalue weighted by atomic mass is 19.1. The molecule has 6 nitrogen and oxygen atoms in total. The van der Waals surface area contributed by atoms with E-state index in [2.05, 4.69) is 15.7 Å². The monoisotopic (exact) mass is 394 g/mol. The fraction of sp³-hybridized carbons (Fsp3) is 0.227. The molecular formula is C22H23FN4O2. The molecule has 0 aliphatic carbocycles. The van der Waals surface area contributed by atoms with Gasteiger partial charge in [0.1, 0.15) is 5.82 Å². The molecule has 0 spiro atoms. The number of halogens is 1. The number of aryl methyl sites for hydroxylation is 1. The number of hydrogen-bond donors (Lipinski definition) is 2. The summed E-state index contributed by atoms with van der Waals surface area (Å²) in [5, 5.41) is 9.68. The molecule has 0 atom stereocenters. The Kier molecular flexibility index (Phi) is 6.07. The molecule has 2 N–H and O–H groups in total. The van der Waals surface area contributed by atoms with Crippen molar-refractivity contribution < 1.29 is 14.0 Å². The van der Waals surface area contributed by atoms with E-state index in [-0.39, 0.29) is 23.1 Å². The Morgan fingerprint density at radius 1 is 1.07 bits per heavy atom. The summed E-state index contributed by atoms with van der Waals surface area (Å²) in [6.07, 6.45) is 2.01. The van der Waals surface area contributed by atoms with Gasteiger partial charge in [0.2, 0.25) is 5.91 Å². The minimum atomic E-state index is -0.661. The third-order valence-corrected chi connectivity index (χ3v) is 4.27. The zero-order valence-electron chi connectivity index (χ0n) is 16.6. The number of carbonyl (C=O) groups excluding carboxylic acids is 2. The summed E-state index contributed by atoms with van der Waals surface area (Å²) in [5.41, 5.74) is 2.24. The average molecular weight is 394 g/mol. The van der Waals surface area contributed by atoms with Gasteiger partial charge in [-0.1, -0.05) is 32.0 Å². The van der Waals surface area contributed by atoms with Gasteiger partial charge in [-0.25, -0.2) is 9.07 Å². The Morgan fingerprint density at radius 2 is 1.79 bits per heavy atom. The highest BCUT2D eigenvalue weighted by Crippen LogP contribution is 2.20. The van der Waals surface area contributed by atoms with E-state index in [4.69, 9.17) is 0 Å². The van der Waals surface area contributed by atoms with Gasteiger partial charge >= 0.3 is 0 Å². The second kappa shape index (κ2) is 8.68. The van der Waals surface area contributed by atoms with E-state index < -0.39 is 11.7 Å². The third kappa shape index (κ3) is 5.07. The number of aromatic nitrogens is 2. The number of carbonyl (C=O) groups is 2. The van der Waals surface area contributed by atoms with Crippen LogP contribution in [0.5, 0.6) is 0 Å². The molecule has 0 aliphatic heterocycles. The summed E-state index contributed by atoms with van der Waals surface area (Å²) in [5.74, 6) is -1.21. The van der Waals surface area contributed by atoms with E-state index in [1.807, 2.05) is 44.2 Å². The Balaban J connectivity index is 1.72. The van der Waals surface area contributed by atoms with Crippen LogP contribution in [-0.2, 0) is 4.79 Å². The molecule has 1 aromatic heterocycles. The van der Waals surface area contributed by atoms with Crippen molar-refractivity contribution in [2.75, 3.05) is 10.6 Å². The maximum atomic E-state index is 14.3. The Hall–Kier alpha value is -3.48. The van der Waals surface area contributed by atoms with Crippen molar-refractivity contribution in [3.63, 3.8) is 0 Å². The molecule has 3 aromatic rings. The Bertz CT molecular complexity index is 1030. The van der Waals surface area contributed by atoms with Gasteiger partial charge < -0.3 is 10.6 Å². The molecule has 7 heteroatoms. The van der Waals surface area contributed by atoms with Crippen molar-refractivity contribution >= 4 is 23.2 Å². The molecular weight excluding hydrogens is 371 g/mol. The van der Waals surface area contributed by atoms with Crippen molar-refractivity contribution in [2.45, 2.75) is 27.2 Å². The van der Waals surface area contributed by atoms with Crippen LogP contribution < -0.4 is 10.6 Å². The highest BCUT2D eigenvalue weighted by Gasteiger charge is 2.15. The van der Waals surface area contributed by atoms with Crippen LogP contribution >= 0.6 is 0 Å². The van der Waals surface area contributed by atoms with E-state index in [1.54, 1.807) is 17.8 Å². The summed E-state index contributed by atoms with van der Waals surface area (Å²) in [4.78, 5) is 24.4. The molecule has 29 heavy (non-hydrogen) atoms. The molecule has 2 aromatic carbocycles. The average Bonchev–Trinajstić information content (AvgIpc) is 3.04. The highest BCUT2D eigenvalue weighted by molar-refractivity contribution is 6.05. The van der Waals surface area contributed by atoms with Gasteiger partial charge in [-0.05, 0) is 43.2 Å². The SMILES string of the molecule is Cc1nn(-c2ccccc2)cc1NC(=O)c1ccc(NC(=O)CC(C)C)c(F)c1. The molecule has 150 valence electrons. The summed E-state index contributed by atoms with van der Waals surface area (Å²) >= 11 is 0. The normalized spacial score (nSPS) is 10.8. The quantitative estimate of drug-likeness (QED) is 0.644. The Morgan fingerprint density at radius 3 is 2.45 bits per heavy atom. The number of hydrogen-bond acceptors (Lipinski definition) is 3. The lowest BCUT2D eigenvalue weighted by Gasteiger charge is -2.09. The molecule has 0 fully saturated rings. The standard InChI is InChI=1S/C22H23FN4O2/c1-14(2)11-21(28)24-19-10-9-16(12-18(19)23)22(29)25-20-13-27(26-15(20)3)17-7-5-4-6-8-17/h4-10,12-14H,11H2,1-3H3,(H,24,28)(H,25,29). The van der Waals surface area contributed by atoms with Crippen LogP contribution in [0.2, 0.25) is 0 Å². The predicted octanol–water partition coefficient (Wildman–Crippen LogP) is 4.56. The lowest BCUT2D eigenvalue weighted by Crippen LogP contribution is -2.16. The van der Waals surface area contributed by atoms with Gasteiger partial charge in [0.25, 0.3) is 5.91 Å². The van der Waals surface area contributed by atoms with Gasteiger partial charge in [0, 0.05) is 12.0 Å². The van der Waals surface area contributed by atoms with Crippen molar-refractivity contribution in [3.05, 3.63) is 71.8 Å². The minimum Gasteiger partial charge on any atom is -0.324 e. The second-order valence-corrected chi connectivity index (χ2v) is 7.20. The van der Waals surface area contributed by atoms with Crippen molar-refractivity contribution in [2.24, 2.45) is 5.92 Å². The molecule has 0 unspecified atom stereocenters. The zero-order chi connectivity index (χ0) is 21.0. The van der Waals surface area contributed by atoms with Crippen molar-refractivity contribution in [1.29, 1.82) is 0 Å². The van der Waals surface area contributed by atoms with Crippen molar-refractivity contribution in [3.8, 4) is 5.69 Å². The number of amides is 2. The molecule has 0 saturated heterocycles. The fourth-order valence-corrected chi connectivity index (χ4v) is 2.82. The van der Waals surface area contributed by atoms with Crippen LogP contribution in [0.4, 0.5) is 15.8 Å². The number of nitrogens with zero attached hydrogens (tertiary/aromatic N) is 2. The van der Waals surface area contributed by atoms with Crippen LogP contribution in [0.3, 0.4) is 0 Å². The van der Waals surface area contributed by atoms with E-state index in [9.17, 15) is 14.0 Å². The van der Waals surface area contributed by atoms with Crippen LogP contribution in [0, 0.1) is 18.7 Å². The number of rotatable bonds is 6. The van der Waals surface area contributed by atoms with Crippen LogP contribution in [0.25, 0.3) is 5.69 Å². The maximum absolute atomic E-state index is 14.3. The molecule has 0 bridgehead atoms. The first-order valence-corrected chi connectivity index (χ1v) is 9.36. The number of para-hydroxylation sites is 1. The number of benzene rings is 2.